The van der Waals surface area contributed by atoms with Gasteiger partial charge in [0.1, 0.15) is 0 Å². The lowest BCUT2D eigenvalue weighted by molar-refractivity contribution is 0.102. The molecule has 0 fully saturated rings. The summed E-state index contributed by atoms with van der Waals surface area (Å²) in [5, 5.41) is 7.16. The summed E-state index contributed by atoms with van der Waals surface area (Å²) in [5.41, 5.74) is 3.93. The summed E-state index contributed by atoms with van der Waals surface area (Å²) < 4.78 is 1.83. The van der Waals surface area contributed by atoms with Gasteiger partial charge in [0, 0.05) is 41.8 Å². The Kier molecular flexibility index (Phi) is 5.68. The van der Waals surface area contributed by atoms with Gasteiger partial charge in [0.15, 0.2) is 0 Å². The highest BCUT2D eigenvalue weighted by Gasteiger charge is 2.09. The number of nitrogens with zero attached hydrogens (tertiary/aromatic N) is 3. The van der Waals surface area contributed by atoms with Crippen LogP contribution < -0.4 is 5.32 Å². The number of hydrogen-bond donors (Lipinski definition) is 1. The highest BCUT2D eigenvalue weighted by Crippen LogP contribution is 2.14. The van der Waals surface area contributed by atoms with Crippen molar-refractivity contribution in [2.45, 2.75) is 27.3 Å². The van der Waals surface area contributed by atoms with Crippen LogP contribution in [0.2, 0.25) is 0 Å². The molecule has 0 saturated heterocycles. The molecule has 3 aromatic rings. The van der Waals surface area contributed by atoms with Gasteiger partial charge in [-0.3, -0.25) is 14.5 Å². The SMILES string of the molecule is Cc1ccc(C(=O)Nc2cnn(CC(C)C)c2)cc1C#Cc1cccnc1. The van der Waals surface area contributed by atoms with Gasteiger partial charge in [-0.1, -0.05) is 31.8 Å². The zero-order valence-electron chi connectivity index (χ0n) is 15.7. The maximum Gasteiger partial charge on any atom is 0.255 e. The summed E-state index contributed by atoms with van der Waals surface area (Å²) in [4.78, 5) is 16.6. The van der Waals surface area contributed by atoms with Gasteiger partial charge in [-0.15, -0.1) is 0 Å². The minimum absolute atomic E-state index is 0.177. The molecular weight excluding hydrogens is 336 g/mol. The van der Waals surface area contributed by atoms with Gasteiger partial charge in [0.2, 0.25) is 0 Å². The van der Waals surface area contributed by atoms with Crippen LogP contribution in [0, 0.1) is 24.7 Å². The molecule has 3 rings (SSSR count). The van der Waals surface area contributed by atoms with E-state index in [0.717, 1.165) is 23.2 Å². The third kappa shape index (κ3) is 5.05. The molecule has 0 bridgehead atoms. The molecule has 0 spiro atoms. The van der Waals surface area contributed by atoms with Crippen molar-refractivity contribution in [3.8, 4) is 11.8 Å². The number of rotatable bonds is 4. The van der Waals surface area contributed by atoms with Crippen molar-refractivity contribution >= 4 is 11.6 Å². The van der Waals surface area contributed by atoms with Crippen LogP contribution in [0.3, 0.4) is 0 Å². The number of amides is 1. The second kappa shape index (κ2) is 8.33. The zero-order valence-corrected chi connectivity index (χ0v) is 15.7. The third-order valence-electron chi connectivity index (χ3n) is 3.95. The van der Waals surface area contributed by atoms with Crippen molar-refractivity contribution in [2.75, 3.05) is 5.32 Å². The molecule has 2 heterocycles. The largest absolute Gasteiger partial charge is 0.319 e. The molecule has 2 aromatic heterocycles. The van der Waals surface area contributed by atoms with Crippen molar-refractivity contribution in [3.05, 3.63) is 77.4 Å². The van der Waals surface area contributed by atoms with Crippen molar-refractivity contribution < 1.29 is 4.79 Å². The van der Waals surface area contributed by atoms with Gasteiger partial charge in [-0.2, -0.15) is 5.10 Å². The average Bonchev–Trinajstić information content (AvgIpc) is 3.07. The maximum atomic E-state index is 12.6. The Labute approximate surface area is 159 Å². The zero-order chi connectivity index (χ0) is 19.2. The molecule has 0 saturated carbocycles. The second-order valence-electron chi connectivity index (χ2n) is 6.82. The lowest BCUT2D eigenvalue weighted by Gasteiger charge is -2.06. The summed E-state index contributed by atoms with van der Waals surface area (Å²) in [6.45, 7) is 7.04. The molecule has 0 aliphatic carbocycles. The molecule has 0 aliphatic heterocycles. The van der Waals surface area contributed by atoms with Gasteiger partial charge >= 0.3 is 0 Å². The van der Waals surface area contributed by atoms with E-state index in [4.69, 9.17) is 0 Å². The average molecular weight is 358 g/mol. The topological polar surface area (TPSA) is 59.8 Å². The van der Waals surface area contributed by atoms with Crippen LogP contribution in [0.4, 0.5) is 5.69 Å². The van der Waals surface area contributed by atoms with E-state index in [1.807, 2.05) is 42.1 Å². The highest BCUT2D eigenvalue weighted by molar-refractivity contribution is 6.04. The standard InChI is InChI=1S/C22H22N4O/c1-16(2)14-26-15-21(13-24-26)25-22(27)20-8-6-17(3)19(11-20)9-7-18-5-4-10-23-12-18/h4-6,8,10-13,15-16H,14H2,1-3H3,(H,25,27). The number of hydrogen-bond acceptors (Lipinski definition) is 3. The lowest BCUT2D eigenvalue weighted by Crippen LogP contribution is -2.12. The molecular formula is C22H22N4O. The highest BCUT2D eigenvalue weighted by atomic mass is 16.1. The Morgan fingerprint density at radius 2 is 2.07 bits per heavy atom. The van der Waals surface area contributed by atoms with Crippen molar-refractivity contribution in [1.82, 2.24) is 14.8 Å². The third-order valence-corrected chi connectivity index (χ3v) is 3.95. The van der Waals surface area contributed by atoms with Crippen LogP contribution in [-0.4, -0.2) is 20.7 Å². The Balaban J connectivity index is 1.76. The molecule has 0 unspecified atom stereocenters. The van der Waals surface area contributed by atoms with Crippen LogP contribution in [0.1, 0.15) is 40.9 Å². The van der Waals surface area contributed by atoms with Crippen LogP contribution in [-0.2, 0) is 6.54 Å². The molecule has 0 radical (unpaired) electrons. The van der Waals surface area contributed by atoms with Gasteiger partial charge in [0.25, 0.3) is 5.91 Å². The Morgan fingerprint density at radius 1 is 1.22 bits per heavy atom. The number of carbonyl (C=O) groups excluding carboxylic acids is 1. The monoisotopic (exact) mass is 358 g/mol. The number of benzene rings is 1. The van der Waals surface area contributed by atoms with Crippen LogP contribution in [0.25, 0.3) is 0 Å². The number of anilines is 1. The van der Waals surface area contributed by atoms with E-state index in [-0.39, 0.29) is 5.91 Å². The van der Waals surface area contributed by atoms with E-state index >= 15 is 0 Å². The number of aryl methyl sites for hydroxylation is 1. The predicted molar refractivity (Wildman–Crippen MR) is 106 cm³/mol. The normalized spacial score (nSPS) is 10.4. The van der Waals surface area contributed by atoms with Crippen LogP contribution in [0.15, 0.2) is 55.1 Å². The van der Waals surface area contributed by atoms with Crippen molar-refractivity contribution in [1.29, 1.82) is 0 Å². The van der Waals surface area contributed by atoms with E-state index in [0.29, 0.717) is 17.2 Å². The predicted octanol–water partition coefficient (Wildman–Crippen LogP) is 3.89. The van der Waals surface area contributed by atoms with E-state index in [1.54, 1.807) is 24.7 Å². The quantitative estimate of drug-likeness (QED) is 0.720. The first-order valence-corrected chi connectivity index (χ1v) is 8.88. The van der Waals surface area contributed by atoms with Gasteiger partial charge in [-0.05, 0) is 42.7 Å². The minimum Gasteiger partial charge on any atom is -0.319 e. The Hall–Kier alpha value is -3.39. The fourth-order valence-corrected chi connectivity index (χ4v) is 2.58. The molecule has 0 aliphatic rings. The Bertz CT molecular complexity index is 994. The van der Waals surface area contributed by atoms with E-state index < -0.39 is 0 Å². The number of carbonyl (C=O) groups is 1. The number of aromatic nitrogens is 3. The van der Waals surface area contributed by atoms with Gasteiger partial charge < -0.3 is 5.32 Å². The lowest BCUT2D eigenvalue weighted by atomic mass is 10.0. The molecule has 5 nitrogen and oxygen atoms in total. The summed E-state index contributed by atoms with van der Waals surface area (Å²) in [7, 11) is 0. The first-order chi connectivity index (χ1) is 13.0. The first kappa shape index (κ1) is 18.4. The van der Waals surface area contributed by atoms with Gasteiger partial charge in [-0.25, -0.2) is 0 Å². The van der Waals surface area contributed by atoms with E-state index in [1.165, 1.54) is 0 Å². The van der Waals surface area contributed by atoms with Crippen molar-refractivity contribution in [2.24, 2.45) is 5.92 Å². The molecule has 27 heavy (non-hydrogen) atoms. The molecule has 1 aromatic carbocycles. The second-order valence-corrected chi connectivity index (χ2v) is 6.82. The van der Waals surface area contributed by atoms with E-state index in [2.05, 4.69) is 41.1 Å². The van der Waals surface area contributed by atoms with Crippen LogP contribution >= 0.6 is 0 Å². The summed E-state index contributed by atoms with van der Waals surface area (Å²) in [5.74, 6) is 6.52. The Morgan fingerprint density at radius 3 is 2.81 bits per heavy atom. The number of pyridine rings is 1. The fraction of sp³-hybridized carbons (Fsp3) is 0.227. The minimum atomic E-state index is -0.177. The van der Waals surface area contributed by atoms with E-state index in [9.17, 15) is 4.79 Å². The van der Waals surface area contributed by atoms with Gasteiger partial charge in [0.05, 0.1) is 11.9 Å². The maximum absolute atomic E-state index is 12.6. The smallest absolute Gasteiger partial charge is 0.255 e. The summed E-state index contributed by atoms with van der Waals surface area (Å²) >= 11 is 0. The molecule has 0 atom stereocenters. The first-order valence-electron chi connectivity index (χ1n) is 8.88. The molecule has 1 N–H and O–H groups in total. The van der Waals surface area contributed by atoms with Crippen LogP contribution in [0.5, 0.6) is 0 Å². The summed E-state index contributed by atoms with van der Waals surface area (Å²) in [6.07, 6.45) is 6.94. The molecule has 5 heteroatoms. The fourth-order valence-electron chi connectivity index (χ4n) is 2.58. The summed E-state index contributed by atoms with van der Waals surface area (Å²) in [6, 6.07) is 9.27. The molecule has 136 valence electrons. The molecule has 1 amide bonds. The van der Waals surface area contributed by atoms with Crippen molar-refractivity contribution in [3.63, 3.8) is 0 Å². The number of nitrogens with one attached hydrogen (secondary N) is 1.